The topological polar surface area (TPSA) is 58.0 Å². The fraction of sp³-hybridized carbons (Fsp3) is 0.0476. The van der Waals surface area contributed by atoms with Gasteiger partial charge in [-0.25, -0.2) is 9.37 Å². The number of anilines is 1. The number of hydrogen-bond acceptors (Lipinski definition) is 4. The number of aromatic hydroxyl groups is 1. The van der Waals surface area contributed by atoms with Crippen molar-refractivity contribution in [2.45, 2.75) is 6.04 Å². The summed E-state index contributed by atoms with van der Waals surface area (Å²) in [6, 6.07) is 16.3. The molecule has 0 bridgehead atoms. The molecule has 0 aliphatic heterocycles. The van der Waals surface area contributed by atoms with Crippen LogP contribution < -0.4 is 5.32 Å². The summed E-state index contributed by atoms with van der Waals surface area (Å²) < 4.78 is 13.9. The van der Waals surface area contributed by atoms with E-state index in [4.69, 9.17) is 11.6 Å². The zero-order chi connectivity index (χ0) is 18.8. The summed E-state index contributed by atoms with van der Waals surface area (Å²) in [6.45, 7) is 0. The SMILES string of the molecule is Oc1c([C@H](Nc2ccccn2)c2cccc(F)c2)cc(Cl)c2cccnc12. The highest BCUT2D eigenvalue weighted by atomic mass is 35.5. The van der Waals surface area contributed by atoms with Gasteiger partial charge >= 0.3 is 0 Å². The van der Waals surface area contributed by atoms with Gasteiger partial charge in [0, 0.05) is 23.3 Å². The average Bonchev–Trinajstić information content (AvgIpc) is 2.70. The van der Waals surface area contributed by atoms with Crippen LogP contribution in [0.5, 0.6) is 5.75 Å². The maximum absolute atomic E-state index is 13.9. The van der Waals surface area contributed by atoms with Gasteiger partial charge in [0.2, 0.25) is 0 Å². The van der Waals surface area contributed by atoms with Crippen molar-refractivity contribution < 1.29 is 9.50 Å². The van der Waals surface area contributed by atoms with Crippen LogP contribution in [0.25, 0.3) is 10.9 Å². The summed E-state index contributed by atoms with van der Waals surface area (Å²) >= 11 is 6.43. The number of pyridine rings is 2. The van der Waals surface area contributed by atoms with Gasteiger partial charge in [0.05, 0.1) is 11.1 Å². The fourth-order valence-corrected chi connectivity index (χ4v) is 3.32. The van der Waals surface area contributed by atoms with Gasteiger partial charge in [-0.1, -0.05) is 29.8 Å². The highest BCUT2D eigenvalue weighted by Gasteiger charge is 2.22. The second-order valence-corrected chi connectivity index (χ2v) is 6.45. The molecule has 0 spiro atoms. The van der Waals surface area contributed by atoms with Crippen LogP contribution >= 0.6 is 11.6 Å². The van der Waals surface area contributed by atoms with E-state index in [0.29, 0.717) is 32.9 Å². The molecule has 0 fully saturated rings. The lowest BCUT2D eigenvalue weighted by Crippen LogP contribution is -2.14. The van der Waals surface area contributed by atoms with E-state index < -0.39 is 6.04 Å². The third-order valence-electron chi connectivity index (χ3n) is 4.30. The first-order chi connectivity index (χ1) is 13.1. The number of benzene rings is 2. The van der Waals surface area contributed by atoms with Crippen molar-refractivity contribution in [1.29, 1.82) is 0 Å². The van der Waals surface area contributed by atoms with E-state index in [1.54, 1.807) is 54.9 Å². The molecule has 0 aliphatic rings. The van der Waals surface area contributed by atoms with Gasteiger partial charge < -0.3 is 10.4 Å². The predicted molar refractivity (Wildman–Crippen MR) is 105 cm³/mol. The van der Waals surface area contributed by atoms with E-state index >= 15 is 0 Å². The van der Waals surface area contributed by atoms with E-state index in [-0.39, 0.29) is 11.6 Å². The van der Waals surface area contributed by atoms with Gasteiger partial charge in [-0.15, -0.1) is 0 Å². The van der Waals surface area contributed by atoms with E-state index in [1.165, 1.54) is 12.1 Å². The number of rotatable bonds is 4. The zero-order valence-corrected chi connectivity index (χ0v) is 14.9. The number of phenols is 1. The molecule has 2 aromatic heterocycles. The molecule has 0 saturated carbocycles. The summed E-state index contributed by atoms with van der Waals surface area (Å²) in [5.74, 6) is 0.209. The van der Waals surface area contributed by atoms with Crippen LogP contribution in [0.1, 0.15) is 17.2 Å². The first-order valence-corrected chi connectivity index (χ1v) is 8.70. The quantitative estimate of drug-likeness (QED) is 0.503. The normalized spacial score (nSPS) is 12.1. The molecule has 2 aromatic carbocycles. The second-order valence-electron chi connectivity index (χ2n) is 6.04. The molecular weight excluding hydrogens is 365 g/mol. The number of nitrogens with one attached hydrogen (secondary N) is 1. The van der Waals surface area contributed by atoms with Crippen LogP contribution in [0.2, 0.25) is 5.02 Å². The van der Waals surface area contributed by atoms with E-state index in [2.05, 4.69) is 15.3 Å². The maximum atomic E-state index is 13.9. The summed E-state index contributed by atoms with van der Waals surface area (Å²) in [6.07, 6.45) is 3.24. The minimum Gasteiger partial charge on any atom is -0.505 e. The van der Waals surface area contributed by atoms with Gasteiger partial charge in [-0.2, -0.15) is 0 Å². The Morgan fingerprint density at radius 2 is 1.81 bits per heavy atom. The van der Waals surface area contributed by atoms with Gasteiger partial charge in [0.1, 0.15) is 22.9 Å². The second kappa shape index (κ2) is 7.21. The van der Waals surface area contributed by atoms with Gasteiger partial charge in [0.25, 0.3) is 0 Å². The predicted octanol–water partition coefficient (Wildman–Crippen LogP) is 5.33. The average molecular weight is 380 g/mol. The van der Waals surface area contributed by atoms with Crippen molar-refractivity contribution >= 4 is 28.3 Å². The third-order valence-corrected chi connectivity index (χ3v) is 4.61. The van der Waals surface area contributed by atoms with Gasteiger partial charge in [-0.05, 0) is 48.0 Å². The molecule has 0 radical (unpaired) electrons. The van der Waals surface area contributed by atoms with Crippen LogP contribution in [0.15, 0.2) is 73.1 Å². The van der Waals surface area contributed by atoms with Crippen molar-refractivity contribution in [2.24, 2.45) is 0 Å². The Morgan fingerprint density at radius 3 is 2.59 bits per heavy atom. The van der Waals surface area contributed by atoms with Crippen molar-refractivity contribution in [3.05, 3.63) is 95.0 Å². The van der Waals surface area contributed by atoms with Crippen LogP contribution in [0, 0.1) is 5.82 Å². The monoisotopic (exact) mass is 379 g/mol. The molecule has 134 valence electrons. The molecule has 4 nitrogen and oxygen atoms in total. The Morgan fingerprint density at radius 1 is 0.963 bits per heavy atom. The van der Waals surface area contributed by atoms with Crippen molar-refractivity contribution in [2.75, 3.05) is 5.32 Å². The Labute approximate surface area is 160 Å². The van der Waals surface area contributed by atoms with Crippen LogP contribution in [-0.4, -0.2) is 15.1 Å². The zero-order valence-electron chi connectivity index (χ0n) is 14.1. The minimum atomic E-state index is -0.570. The third kappa shape index (κ3) is 3.41. The highest BCUT2D eigenvalue weighted by molar-refractivity contribution is 6.35. The lowest BCUT2D eigenvalue weighted by molar-refractivity contribution is 0.471. The maximum Gasteiger partial charge on any atom is 0.147 e. The smallest absolute Gasteiger partial charge is 0.147 e. The Bertz CT molecular complexity index is 1110. The first-order valence-electron chi connectivity index (χ1n) is 8.32. The van der Waals surface area contributed by atoms with Crippen molar-refractivity contribution in [3.8, 4) is 5.75 Å². The van der Waals surface area contributed by atoms with Crippen molar-refractivity contribution in [3.63, 3.8) is 0 Å². The molecule has 6 heteroatoms. The summed E-state index contributed by atoms with van der Waals surface area (Å²) in [7, 11) is 0. The molecule has 1 atom stereocenters. The summed E-state index contributed by atoms with van der Waals surface area (Å²) in [4.78, 5) is 8.52. The molecule has 0 amide bonds. The fourth-order valence-electron chi connectivity index (χ4n) is 3.05. The summed E-state index contributed by atoms with van der Waals surface area (Å²) in [5.41, 5.74) is 1.51. The highest BCUT2D eigenvalue weighted by Crippen LogP contribution is 2.39. The molecule has 0 aliphatic carbocycles. The van der Waals surface area contributed by atoms with Crippen LogP contribution in [0.4, 0.5) is 10.2 Å². The van der Waals surface area contributed by atoms with Crippen LogP contribution in [0.3, 0.4) is 0 Å². The minimum absolute atomic E-state index is 0.00677. The molecule has 2 heterocycles. The lowest BCUT2D eigenvalue weighted by atomic mass is 9.96. The number of aromatic nitrogens is 2. The van der Waals surface area contributed by atoms with E-state index in [9.17, 15) is 9.50 Å². The molecule has 0 saturated heterocycles. The molecule has 4 aromatic rings. The Kier molecular flexibility index (Phi) is 4.60. The molecule has 4 rings (SSSR count). The van der Waals surface area contributed by atoms with Crippen molar-refractivity contribution in [1.82, 2.24) is 9.97 Å². The number of hydrogen-bond donors (Lipinski definition) is 2. The Balaban J connectivity index is 1.91. The first kappa shape index (κ1) is 17.2. The molecule has 0 unspecified atom stereocenters. The molecule has 27 heavy (non-hydrogen) atoms. The van der Waals surface area contributed by atoms with Gasteiger partial charge in [0.15, 0.2) is 0 Å². The van der Waals surface area contributed by atoms with Gasteiger partial charge in [-0.3, -0.25) is 4.98 Å². The molecule has 2 N–H and O–H groups in total. The lowest BCUT2D eigenvalue weighted by Gasteiger charge is -2.22. The van der Waals surface area contributed by atoms with Crippen LogP contribution in [-0.2, 0) is 0 Å². The number of nitrogens with zero attached hydrogens (tertiary/aromatic N) is 2. The largest absolute Gasteiger partial charge is 0.505 e. The Hall–Kier alpha value is -3.18. The summed E-state index contributed by atoms with van der Waals surface area (Å²) in [5, 5.41) is 15.2. The van der Waals surface area contributed by atoms with E-state index in [0.717, 1.165) is 0 Å². The number of fused-ring (bicyclic) bond motifs is 1. The van der Waals surface area contributed by atoms with E-state index in [1.807, 2.05) is 6.07 Å². The number of phenolic OH excluding ortho intramolecular Hbond substituents is 1. The molecular formula is C21H15ClFN3O. The standard InChI is InChI=1S/C21H15ClFN3O/c22-17-12-16(21(27)20-15(17)7-4-10-25-20)19(13-5-3-6-14(23)11-13)26-18-8-1-2-9-24-18/h1-12,19,27H,(H,24,26)/t19-/m1/s1. The number of halogens is 2.